The molecule has 0 N–H and O–H groups in total. The number of ether oxygens (including phenoxy) is 1. The molecule has 0 saturated carbocycles. The minimum Gasteiger partial charge on any atom is -0.377 e. The van der Waals surface area contributed by atoms with E-state index >= 15 is 0 Å². The number of hydrogen-bond acceptors (Lipinski definition) is 4. The van der Waals surface area contributed by atoms with E-state index in [0.29, 0.717) is 13.0 Å². The normalized spacial score (nSPS) is 21.5. The lowest BCUT2D eigenvalue weighted by Crippen LogP contribution is -2.41. The number of hydrogen-bond donors (Lipinski definition) is 0. The zero-order valence-electron chi connectivity index (χ0n) is 13.4. The monoisotopic (exact) mass is 304 g/mol. The van der Waals surface area contributed by atoms with Crippen LogP contribution in [0, 0.1) is 0 Å². The molecule has 120 valence electrons. The molecular formula is C16H24N4O2. The molecular weight excluding hydrogens is 280 g/mol. The Morgan fingerprint density at radius 3 is 2.95 bits per heavy atom. The Bertz CT molecular complexity index is 579. The van der Waals surface area contributed by atoms with Crippen molar-refractivity contribution >= 4 is 5.91 Å². The molecule has 0 saturated heterocycles. The molecule has 22 heavy (non-hydrogen) atoms. The molecule has 3 rings (SSSR count). The molecule has 1 atom stereocenters. The van der Waals surface area contributed by atoms with Gasteiger partial charge in [0.25, 0.3) is 0 Å². The highest BCUT2D eigenvalue weighted by atomic mass is 16.5. The van der Waals surface area contributed by atoms with Gasteiger partial charge in [-0.05, 0) is 32.6 Å². The summed E-state index contributed by atoms with van der Waals surface area (Å²) in [7, 11) is 1.65. The summed E-state index contributed by atoms with van der Waals surface area (Å²) < 4.78 is 7.23. The number of carbonyl (C=O) groups is 1. The number of allylic oxidation sites excluding steroid dienone is 1. The molecule has 0 spiro atoms. The highest BCUT2D eigenvalue weighted by Crippen LogP contribution is 2.27. The van der Waals surface area contributed by atoms with Crippen LogP contribution in [0.1, 0.15) is 56.7 Å². The number of methoxy groups -OCH3 is 1. The summed E-state index contributed by atoms with van der Waals surface area (Å²) in [5.41, 5.74) is 1.30. The van der Waals surface area contributed by atoms with Gasteiger partial charge in [-0.1, -0.05) is 11.6 Å². The van der Waals surface area contributed by atoms with Gasteiger partial charge in [0.2, 0.25) is 5.91 Å². The van der Waals surface area contributed by atoms with Crippen molar-refractivity contribution in [1.82, 2.24) is 19.7 Å². The molecule has 0 fully saturated rings. The molecule has 0 aromatic carbocycles. The van der Waals surface area contributed by atoms with Crippen molar-refractivity contribution in [3.05, 3.63) is 23.3 Å². The van der Waals surface area contributed by atoms with Crippen LogP contribution in [0.2, 0.25) is 0 Å². The lowest BCUT2D eigenvalue weighted by atomic mass is 9.96. The molecule has 2 heterocycles. The van der Waals surface area contributed by atoms with Crippen molar-refractivity contribution in [1.29, 1.82) is 0 Å². The number of aromatic nitrogens is 3. The summed E-state index contributed by atoms with van der Waals surface area (Å²) in [5, 5.41) is 8.45. The molecule has 0 unspecified atom stereocenters. The molecule has 1 aliphatic carbocycles. The largest absolute Gasteiger partial charge is 0.377 e. The van der Waals surface area contributed by atoms with Crippen molar-refractivity contribution < 1.29 is 9.53 Å². The Hall–Kier alpha value is -1.69. The molecule has 0 radical (unpaired) electrons. The van der Waals surface area contributed by atoms with Gasteiger partial charge in [-0.15, -0.1) is 10.2 Å². The van der Waals surface area contributed by atoms with Crippen molar-refractivity contribution in [3.63, 3.8) is 0 Å². The second kappa shape index (κ2) is 6.60. The molecule has 1 aromatic heterocycles. The summed E-state index contributed by atoms with van der Waals surface area (Å²) in [6.45, 7) is 3.95. The number of fused-ring (bicyclic) bond motifs is 1. The topological polar surface area (TPSA) is 60.3 Å². The van der Waals surface area contributed by atoms with Gasteiger partial charge in [-0.2, -0.15) is 0 Å². The van der Waals surface area contributed by atoms with Gasteiger partial charge >= 0.3 is 0 Å². The third kappa shape index (κ3) is 2.92. The van der Waals surface area contributed by atoms with Crippen LogP contribution < -0.4 is 0 Å². The maximum Gasteiger partial charge on any atom is 0.227 e. The first-order valence-corrected chi connectivity index (χ1v) is 8.09. The van der Waals surface area contributed by atoms with Crippen LogP contribution in [0.15, 0.2) is 11.6 Å². The molecule has 6 heteroatoms. The van der Waals surface area contributed by atoms with E-state index in [1.807, 2.05) is 11.8 Å². The molecule has 6 nitrogen and oxygen atoms in total. The Labute approximate surface area is 131 Å². The molecule has 1 aromatic rings. The Kier molecular flexibility index (Phi) is 4.57. The quantitative estimate of drug-likeness (QED) is 0.800. The van der Waals surface area contributed by atoms with E-state index in [-0.39, 0.29) is 11.9 Å². The fourth-order valence-corrected chi connectivity index (χ4v) is 3.38. The standard InChI is InChI=1S/C16H24N4O2/c1-12-16-18-17-14(11-22-2)20(16)9-8-19(12)15(21)10-13-6-4-3-5-7-13/h6,12H,3-5,7-11H2,1-2H3/t12-/m1/s1. The predicted octanol–water partition coefficient (Wildman–Crippen LogP) is 2.22. The van der Waals surface area contributed by atoms with E-state index in [0.717, 1.165) is 37.6 Å². The highest BCUT2D eigenvalue weighted by Gasteiger charge is 2.31. The molecule has 1 amide bonds. The van der Waals surface area contributed by atoms with Crippen LogP contribution in [-0.2, 0) is 22.7 Å². The van der Waals surface area contributed by atoms with Gasteiger partial charge < -0.3 is 14.2 Å². The van der Waals surface area contributed by atoms with E-state index in [4.69, 9.17) is 4.74 Å². The third-order valence-corrected chi connectivity index (χ3v) is 4.62. The third-order valence-electron chi connectivity index (χ3n) is 4.62. The van der Waals surface area contributed by atoms with Crippen LogP contribution in [-0.4, -0.2) is 39.2 Å². The van der Waals surface area contributed by atoms with Gasteiger partial charge in [-0.25, -0.2) is 0 Å². The minimum atomic E-state index is -0.0245. The fourth-order valence-electron chi connectivity index (χ4n) is 3.38. The van der Waals surface area contributed by atoms with E-state index in [1.165, 1.54) is 18.4 Å². The lowest BCUT2D eigenvalue weighted by molar-refractivity contribution is -0.133. The first kappa shape index (κ1) is 15.2. The lowest BCUT2D eigenvalue weighted by Gasteiger charge is -2.34. The smallest absolute Gasteiger partial charge is 0.227 e. The minimum absolute atomic E-state index is 0.0245. The zero-order valence-corrected chi connectivity index (χ0v) is 13.4. The number of rotatable bonds is 4. The summed E-state index contributed by atoms with van der Waals surface area (Å²) in [6, 6.07) is -0.0245. The number of carbonyl (C=O) groups excluding carboxylic acids is 1. The van der Waals surface area contributed by atoms with Gasteiger partial charge in [0.1, 0.15) is 6.61 Å². The first-order valence-electron chi connectivity index (χ1n) is 8.09. The van der Waals surface area contributed by atoms with E-state index in [9.17, 15) is 4.79 Å². The number of nitrogens with zero attached hydrogens (tertiary/aromatic N) is 4. The summed E-state index contributed by atoms with van der Waals surface area (Å²) >= 11 is 0. The van der Waals surface area contributed by atoms with Crippen LogP contribution in [0.25, 0.3) is 0 Å². The molecule has 2 aliphatic rings. The fraction of sp³-hybridized carbons (Fsp3) is 0.688. The van der Waals surface area contributed by atoms with E-state index in [2.05, 4.69) is 20.8 Å². The Morgan fingerprint density at radius 2 is 2.23 bits per heavy atom. The van der Waals surface area contributed by atoms with Gasteiger partial charge in [0, 0.05) is 26.6 Å². The average Bonchev–Trinajstić information content (AvgIpc) is 2.93. The van der Waals surface area contributed by atoms with Crippen molar-refractivity contribution in [2.24, 2.45) is 0 Å². The maximum atomic E-state index is 12.6. The van der Waals surface area contributed by atoms with Gasteiger partial charge in [-0.3, -0.25) is 4.79 Å². The summed E-state index contributed by atoms with van der Waals surface area (Å²) in [4.78, 5) is 14.6. The SMILES string of the molecule is COCc1nnc2n1CCN(C(=O)CC1=CCCCC1)[C@@H]2C. The Morgan fingerprint density at radius 1 is 1.36 bits per heavy atom. The van der Waals surface area contributed by atoms with Crippen LogP contribution >= 0.6 is 0 Å². The van der Waals surface area contributed by atoms with E-state index in [1.54, 1.807) is 7.11 Å². The summed E-state index contributed by atoms with van der Waals surface area (Å²) in [5.74, 6) is 1.92. The number of amides is 1. The highest BCUT2D eigenvalue weighted by molar-refractivity contribution is 5.79. The van der Waals surface area contributed by atoms with Gasteiger partial charge in [0.15, 0.2) is 11.6 Å². The average molecular weight is 304 g/mol. The predicted molar refractivity (Wildman–Crippen MR) is 82.0 cm³/mol. The van der Waals surface area contributed by atoms with Crippen LogP contribution in [0.5, 0.6) is 0 Å². The van der Waals surface area contributed by atoms with Crippen molar-refractivity contribution in [2.75, 3.05) is 13.7 Å². The van der Waals surface area contributed by atoms with Crippen LogP contribution in [0.3, 0.4) is 0 Å². The van der Waals surface area contributed by atoms with Crippen molar-refractivity contribution in [2.45, 2.75) is 58.2 Å². The Balaban J connectivity index is 1.70. The van der Waals surface area contributed by atoms with Gasteiger partial charge in [0.05, 0.1) is 6.04 Å². The first-order chi connectivity index (χ1) is 10.7. The van der Waals surface area contributed by atoms with Crippen LogP contribution in [0.4, 0.5) is 0 Å². The second-order valence-corrected chi connectivity index (χ2v) is 6.11. The molecule has 0 bridgehead atoms. The second-order valence-electron chi connectivity index (χ2n) is 6.11. The maximum absolute atomic E-state index is 12.6. The summed E-state index contributed by atoms with van der Waals surface area (Å²) in [6.07, 6.45) is 7.46. The molecule has 1 aliphatic heterocycles. The van der Waals surface area contributed by atoms with Crippen molar-refractivity contribution in [3.8, 4) is 0 Å². The zero-order chi connectivity index (χ0) is 15.5. The van der Waals surface area contributed by atoms with E-state index < -0.39 is 0 Å².